The number of thiophene rings is 1. The number of thiazole rings is 1. The molecule has 0 saturated carbocycles. The molecule has 1 unspecified atom stereocenters. The first-order valence-electron chi connectivity index (χ1n) is 6.44. The van der Waals surface area contributed by atoms with Gasteiger partial charge in [0, 0.05) is 16.8 Å². The summed E-state index contributed by atoms with van der Waals surface area (Å²) in [6, 6.07) is 4.36. The highest BCUT2D eigenvalue weighted by Crippen LogP contribution is 2.22. The number of rotatable bonds is 6. The Morgan fingerprint density at radius 1 is 1.45 bits per heavy atom. The van der Waals surface area contributed by atoms with Crippen LogP contribution in [0.2, 0.25) is 0 Å². The number of aryl methyl sites for hydroxylation is 1. The van der Waals surface area contributed by atoms with Crippen molar-refractivity contribution in [2.45, 2.75) is 19.4 Å². The summed E-state index contributed by atoms with van der Waals surface area (Å²) < 4.78 is 0. The van der Waals surface area contributed by atoms with Crippen molar-refractivity contribution >= 4 is 28.6 Å². The molecule has 0 aliphatic rings. The maximum Gasteiger partial charge on any atom is 0.226 e. The molecule has 0 aliphatic heterocycles. The van der Waals surface area contributed by atoms with Crippen molar-refractivity contribution < 1.29 is 4.79 Å². The first kappa shape index (κ1) is 15.2. The van der Waals surface area contributed by atoms with Crippen LogP contribution in [0.1, 0.15) is 21.6 Å². The number of amides is 1. The number of hydrogen-bond donors (Lipinski definition) is 1. The Hall–Kier alpha value is -1.24. The van der Waals surface area contributed by atoms with Gasteiger partial charge in [0.2, 0.25) is 5.91 Å². The number of likely N-dealkylation sites (N-methyl/N-ethyl adjacent to an activating group) is 1. The highest BCUT2D eigenvalue weighted by molar-refractivity contribution is 7.10. The van der Waals surface area contributed by atoms with E-state index in [0.717, 1.165) is 10.7 Å². The van der Waals surface area contributed by atoms with Crippen LogP contribution in [0.15, 0.2) is 22.9 Å². The third kappa shape index (κ3) is 4.13. The molecule has 1 N–H and O–H groups in total. The maximum absolute atomic E-state index is 12.0. The molecular formula is C14H19N3OS2. The van der Waals surface area contributed by atoms with Gasteiger partial charge in [-0.05, 0) is 32.5 Å². The molecule has 2 heterocycles. The Kier molecular flexibility index (Phi) is 5.28. The Bertz CT molecular complexity index is 549. The standard InChI is InChI=1S/C14H19N3OS2/c1-10-16-11(9-20-10)7-14(18)15-8-12(17(2)3)13-5-4-6-19-13/h4-6,9,12H,7-8H2,1-3H3,(H,15,18). The van der Waals surface area contributed by atoms with E-state index >= 15 is 0 Å². The second-order valence-corrected chi connectivity index (χ2v) is 6.88. The van der Waals surface area contributed by atoms with Crippen LogP contribution in [0.5, 0.6) is 0 Å². The summed E-state index contributed by atoms with van der Waals surface area (Å²) in [7, 11) is 4.06. The van der Waals surface area contributed by atoms with E-state index in [0.29, 0.717) is 13.0 Å². The highest BCUT2D eigenvalue weighted by atomic mass is 32.1. The van der Waals surface area contributed by atoms with Crippen molar-refractivity contribution in [3.8, 4) is 0 Å². The lowest BCUT2D eigenvalue weighted by Crippen LogP contribution is -2.35. The van der Waals surface area contributed by atoms with Gasteiger partial charge in [0.05, 0.1) is 23.2 Å². The van der Waals surface area contributed by atoms with E-state index in [-0.39, 0.29) is 11.9 Å². The number of carbonyl (C=O) groups is 1. The molecular weight excluding hydrogens is 290 g/mol. The van der Waals surface area contributed by atoms with E-state index in [4.69, 9.17) is 0 Å². The van der Waals surface area contributed by atoms with Gasteiger partial charge in [-0.2, -0.15) is 0 Å². The zero-order chi connectivity index (χ0) is 14.5. The summed E-state index contributed by atoms with van der Waals surface area (Å²) in [6.07, 6.45) is 0.356. The van der Waals surface area contributed by atoms with Crippen LogP contribution < -0.4 is 5.32 Å². The lowest BCUT2D eigenvalue weighted by molar-refractivity contribution is -0.120. The van der Waals surface area contributed by atoms with Crippen LogP contribution in [0.4, 0.5) is 0 Å². The maximum atomic E-state index is 12.0. The summed E-state index contributed by atoms with van der Waals surface area (Å²) in [4.78, 5) is 19.7. The zero-order valence-corrected chi connectivity index (χ0v) is 13.6. The minimum Gasteiger partial charge on any atom is -0.354 e. The number of nitrogens with one attached hydrogen (secondary N) is 1. The quantitative estimate of drug-likeness (QED) is 0.891. The molecule has 0 spiro atoms. The fraction of sp³-hybridized carbons (Fsp3) is 0.429. The van der Waals surface area contributed by atoms with Crippen LogP contribution in [-0.4, -0.2) is 36.4 Å². The minimum absolute atomic E-state index is 0.0266. The van der Waals surface area contributed by atoms with Gasteiger partial charge >= 0.3 is 0 Å². The normalized spacial score (nSPS) is 12.6. The second-order valence-electron chi connectivity index (χ2n) is 4.83. The lowest BCUT2D eigenvalue weighted by Gasteiger charge is -2.23. The van der Waals surface area contributed by atoms with Crippen molar-refractivity contribution in [2.75, 3.05) is 20.6 Å². The summed E-state index contributed by atoms with van der Waals surface area (Å²) in [6.45, 7) is 2.57. The molecule has 108 valence electrons. The van der Waals surface area contributed by atoms with Gasteiger partial charge in [-0.25, -0.2) is 4.98 Å². The molecule has 20 heavy (non-hydrogen) atoms. The molecule has 0 radical (unpaired) electrons. The summed E-state index contributed by atoms with van der Waals surface area (Å²) in [5.74, 6) is 0.0266. The third-order valence-corrected chi connectivity index (χ3v) is 4.79. The third-order valence-electron chi connectivity index (χ3n) is 3.00. The molecule has 0 aliphatic carbocycles. The van der Waals surface area contributed by atoms with Gasteiger partial charge in [-0.1, -0.05) is 6.07 Å². The minimum atomic E-state index is 0.0266. The van der Waals surface area contributed by atoms with E-state index in [9.17, 15) is 4.79 Å². The van der Waals surface area contributed by atoms with Gasteiger partial charge < -0.3 is 10.2 Å². The molecule has 4 nitrogen and oxygen atoms in total. The van der Waals surface area contributed by atoms with Crippen LogP contribution in [0.25, 0.3) is 0 Å². The average molecular weight is 309 g/mol. The van der Waals surface area contributed by atoms with Gasteiger partial charge in [0.15, 0.2) is 0 Å². The molecule has 1 amide bonds. The number of carbonyl (C=O) groups excluding carboxylic acids is 1. The molecule has 2 aromatic heterocycles. The molecule has 2 aromatic rings. The average Bonchev–Trinajstić information content (AvgIpc) is 3.01. The van der Waals surface area contributed by atoms with Crippen LogP contribution in [-0.2, 0) is 11.2 Å². The van der Waals surface area contributed by atoms with E-state index in [1.54, 1.807) is 22.7 Å². The van der Waals surface area contributed by atoms with Crippen LogP contribution >= 0.6 is 22.7 Å². The summed E-state index contributed by atoms with van der Waals surface area (Å²) >= 11 is 3.29. The monoisotopic (exact) mass is 309 g/mol. The first-order chi connectivity index (χ1) is 9.56. The topological polar surface area (TPSA) is 45.2 Å². The molecule has 0 fully saturated rings. The van der Waals surface area contributed by atoms with Gasteiger partial charge in [0.1, 0.15) is 0 Å². The van der Waals surface area contributed by atoms with Gasteiger partial charge in [-0.15, -0.1) is 22.7 Å². The van der Waals surface area contributed by atoms with Gasteiger partial charge in [0.25, 0.3) is 0 Å². The van der Waals surface area contributed by atoms with E-state index in [2.05, 4.69) is 26.6 Å². The summed E-state index contributed by atoms with van der Waals surface area (Å²) in [5, 5.41) is 8.00. The Morgan fingerprint density at radius 3 is 2.80 bits per heavy atom. The Labute approximate surface area is 127 Å². The predicted molar refractivity (Wildman–Crippen MR) is 84.3 cm³/mol. The Morgan fingerprint density at radius 2 is 2.25 bits per heavy atom. The summed E-state index contributed by atoms with van der Waals surface area (Å²) in [5.41, 5.74) is 0.850. The van der Waals surface area contributed by atoms with Crippen molar-refractivity contribution in [3.05, 3.63) is 38.5 Å². The van der Waals surface area contributed by atoms with E-state index in [1.165, 1.54) is 4.88 Å². The fourth-order valence-corrected chi connectivity index (χ4v) is 3.48. The van der Waals surface area contributed by atoms with Crippen LogP contribution in [0, 0.1) is 6.92 Å². The molecule has 0 bridgehead atoms. The van der Waals surface area contributed by atoms with Crippen molar-refractivity contribution in [1.82, 2.24) is 15.2 Å². The van der Waals surface area contributed by atoms with E-state index in [1.807, 2.05) is 32.5 Å². The smallest absolute Gasteiger partial charge is 0.226 e. The van der Waals surface area contributed by atoms with Crippen molar-refractivity contribution in [3.63, 3.8) is 0 Å². The van der Waals surface area contributed by atoms with E-state index < -0.39 is 0 Å². The SMILES string of the molecule is Cc1nc(CC(=O)NCC(c2cccs2)N(C)C)cs1. The number of nitrogens with zero attached hydrogens (tertiary/aromatic N) is 2. The first-order valence-corrected chi connectivity index (χ1v) is 8.19. The Balaban J connectivity index is 1.88. The van der Waals surface area contributed by atoms with Crippen molar-refractivity contribution in [1.29, 1.82) is 0 Å². The second kappa shape index (κ2) is 6.97. The molecule has 2 rings (SSSR count). The number of aromatic nitrogens is 1. The largest absolute Gasteiger partial charge is 0.354 e. The molecule has 6 heteroatoms. The van der Waals surface area contributed by atoms with Crippen molar-refractivity contribution in [2.24, 2.45) is 0 Å². The van der Waals surface area contributed by atoms with Gasteiger partial charge in [-0.3, -0.25) is 4.79 Å². The number of hydrogen-bond acceptors (Lipinski definition) is 5. The molecule has 0 aromatic carbocycles. The molecule has 0 saturated heterocycles. The van der Waals surface area contributed by atoms with Crippen LogP contribution in [0.3, 0.4) is 0 Å². The predicted octanol–water partition coefficient (Wildman–Crippen LogP) is 2.47. The highest BCUT2D eigenvalue weighted by Gasteiger charge is 2.16. The fourth-order valence-electron chi connectivity index (χ4n) is 1.95. The zero-order valence-electron chi connectivity index (χ0n) is 11.9. The molecule has 1 atom stereocenters. The lowest BCUT2D eigenvalue weighted by atomic mass is 10.2.